The minimum atomic E-state index is -2.53. The number of aromatic amines is 1. The van der Waals surface area contributed by atoms with Gasteiger partial charge >= 0.3 is 0 Å². The van der Waals surface area contributed by atoms with Crippen LogP contribution in [0.1, 0.15) is 6.42 Å². The SMILES string of the molecule is C=CC(=O)N1CCC(F)C(Oc2nc(Nc3cnn(CC(F)F)c3)nc3[nH]ccc23)C1. The number of hydrogen-bond acceptors (Lipinski definition) is 6. The fourth-order valence-electron chi connectivity index (χ4n) is 3.33. The summed E-state index contributed by atoms with van der Waals surface area (Å²) in [6, 6.07) is 1.69. The van der Waals surface area contributed by atoms with E-state index in [9.17, 15) is 18.0 Å². The molecule has 0 bridgehead atoms. The third-order valence-corrected chi connectivity index (χ3v) is 4.82. The monoisotopic (exact) mass is 435 g/mol. The molecule has 1 fully saturated rings. The average Bonchev–Trinajstić information content (AvgIpc) is 3.38. The van der Waals surface area contributed by atoms with Crippen molar-refractivity contribution in [1.82, 2.24) is 29.6 Å². The first-order chi connectivity index (χ1) is 14.9. The number of fused-ring (bicyclic) bond motifs is 1. The van der Waals surface area contributed by atoms with Crippen molar-refractivity contribution in [3.05, 3.63) is 37.3 Å². The fourth-order valence-corrected chi connectivity index (χ4v) is 3.33. The number of likely N-dealkylation sites (tertiary alicyclic amines) is 1. The molecule has 0 aliphatic carbocycles. The van der Waals surface area contributed by atoms with E-state index in [-0.39, 0.29) is 37.2 Å². The summed E-state index contributed by atoms with van der Waals surface area (Å²) in [5.74, 6) is -0.0424. The lowest BCUT2D eigenvalue weighted by Crippen LogP contribution is -2.49. The van der Waals surface area contributed by atoms with E-state index in [4.69, 9.17) is 4.74 Å². The van der Waals surface area contributed by atoms with Crippen molar-refractivity contribution < 1.29 is 22.7 Å². The number of aromatic nitrogens is 5. The number of H-pyrrole nitrogens is 1. The van der Waals surface area contributed by atoms with E-state index < -0.39 is 25.2 Å². The third kappa shape index (κ3) is 4.62. The Hall–Kier alpha value is -3.57. The van der Waals surface area contributed by atoms with Crippen molar-refractivity contribution >= 4 is 28.6 Å². The molecule has 9 nitrogen and oxygen atoms in total. The van der Waals surface area contributed by atoms with Crippen molar-refractivity contribution in [2.24, 2.45) is 0 Å². The molecular formula is C19H20F3N7O2. The lowest BCUT2D eigenvalue weighted by molar-refractivity contribution is -0.130. The number of ether oxygens (including phenoxy) is 1. The van der Waals surface area contributed by atoms with Crippen LogP contribution in [0.25, 0.3) is 11.0 Å². The highest BCUT2D eigenvalue weighted by atomic mass is 19.3. The topological polar surface area (TPSA) is 101 Å². The summed E-state index contributed by atoms with van der Waals surface area (Å²) < 4.78 is 46.5. The zero-order valence-electron chi connectivity index (χ0n) is 16.3. The Kier molecular flexibility index (Phi) is 5.78. The molecule has 164 valence electrons. The van der Waals surface area contributed by atoms with E-state index in [1.54, 1.807) is 12.3 Å². The molecular weight excluding hydrogens is 415 g/mol. The first-order valence-electron chi connectivity index (χ1n) is 9.57. The quantitative estimate of drug-likeness (QED) is 0.554. The molecule has 0 spiro atoms. The molecule has 0 radical (unpaired) electrons. The number of alkyl halides is 3. The summed E-state index contributed by atoms with van der Waals surface area (Å²) in [5, 5.41) is 7.27. The van der Waals surface area contributed by atoms with E-state index in [1.807, 2.05) is 0 Å². The van der Waals surface area contributed by atoms with Crippen LogP contribution >= 0.6 is 0 Å². The van der Waals surface area contributed by atoms with Crippen LogP contribution in [-0.4, -0.2) is 67.3 Å². The first-order valence-corrected chi connectivity index (χ1v) is 9.57. The number of carbonyl (C=O) groups is 1. The van der Waals surface area contributed by atoms with Gasteiger partial charge in [0.2, 0.25) is 17.7 Å². The van der Waals surface area contributed by atoms with Gasteiger partial charge in [-0.25, -0.2) is 13.2 Å². The van der Waals surface area contributed by atoms with Gasteiger partial charge in [0, 0.05) is 18.9 Å². The normalized spacial score (nSPS) is 19.0. The molecule has 3 aromatic rings. The lowest BCUT2D eigenvalue weighted by atomic mass is 10.1. The van der Waals surface area contributed by atoms with E-state index in [0.29, 0.717) is 16.7 Å². The van der Waals surface area contributed by atoms with Crippen LogP contribution in [0.3, 0.4) is 0 Å². The van der Waals surface area contributed by atoms with Gasteiger partial charge in [-0.1, -0.05) is 6.58 Å². The number of halogens is 3. The Morgan fingerprint density at radius 2 is 2.29 bits per heavy atom. The van der Waals surface area contributed by atoms with Crippen LogP contribution in [-0.2, 0) is 11.3 Å². The summed E-state index contributed by atoms with van der Waals surface area (Å²) in [4.78, 5) is 24.9. The predicted octanol–water partition coefficient (Wildman–Crippen LogP) is 2.67. The van der Waals surface area contributed by atoms with Gasteiger partial charge in [-0.15, -0.1) is 0 Å². The summed E-state index contributed by atoms with van der Waals surface area (Å²) >= 11 is 0. The molecule has 0 aromatic carbocycles. The Labute approximate surface area is 174 Å². The van der Waals surface area contributed by atoms with Gasteiger partial charge in [0.25, 0.3) is 6.43 Å². The Morgan fingerprint density at radius 1 is 1.45 bits per heavy atom. The van der Waals surface area contributed by atoms with Gasteiger partial charge in [0.15, 0.2) is 0 Å². The second kappa shape index (κ2) is 8.66. The number of nitrogens with one attached hydrogen (secondary N) is 2. The van der Waals surface area contributed by atoms with Crippen molar-refractivity contribution in [1.29, 1.82) is 0 Å². The number of rotatable bonds is 7. The molecule has 2 unspecified atom stereocenters. The maximum atomic E-state index is 14.5. The van der Waals surface area contributed by atoms with E-state index in [2.05, 4.69) is 31.9 Å². The molecule has 1 aliphatic heterocycles. The highest BCUT2D eigenvalue weighted by Gasteiger charge is 2.33. The van der Waals surface area contributed by atoms with Gasteiger partial charge in [0.05, 0.1) is 23.8 Å². The van der Waals surface area contributed by atoms with E-state index in [0.717, 1.165) is 4.68 Å². The predicted molar refractivity (Wildman–Crippen MR) is 106 cm³/mol. The Morgan fingerprint density at radius 3 is 3.06 bits per heavy atom. The van der Waals surface area contributed by atoms with Crippen molar-refractivity contribution in [3.8, 4) is 5.88 Å². The second-order valence-electron chi connectivity index (χ2n) is 7.01. The lowest BCUT2D eigenvalue weighted by Gasteiger charge is -2.34. The molecule has 1 aliphatic rings. The van der Waals surface area contributed by atoms with Crippen LogP contribution in [0.4, 0.5) is 24.8 Å². The molecule has 4 heterocycles. The van der Waals surface area contributed by atoms with Crippen LogP contribution in [0.2, 0.25) is 0 Å². The third-order valence-electron chi connectivity index (χ3n) is 4.82. The number of nitrogens with zero attached hydrogens (tertiary/aromatic N) is 5. The molecule has 1 saturated heterocycles. The minimum absolute atomic E-state index is 0.0606. The number of amides is 1. The summed E-state index contributed by atoms with van der Waals surface area (Å²) in [5.41, 5.74) is 0.846. The summed E-state index contributed by atoms with van der Waals surface area (Å²) in [7, 11) is 0. The smallest absolute Gasteiger partial charge is 0.257 e. The fraction of sp³-hybridized carbons (Fsp3) is 0.368. The van der Waals surface area contributed by atoms with Crippen molar-refractivity contribution in [3.63, 3.8) is 0 Å². The average molecular weight is 435 g/mol. The van der Waals surface area contributed by atoms with Crippen LogP contribution in [0.15, 0.2) is 37.3 Å². The van der Waals surface area contributed by atoms with Crippen LogP contribution < -0.4 is 10.1 Å². The molecule has 0 saturated carbocycles. The minimum Gasteiger partial charge on any atom is -0.469 e. The second-order valence-corrected chi connectivity index (χ2v) is 7.01. The van der Waals surface area contributed by atoms with Gasteiger partial charge in [0.1, 0.15) is 24.5 Å². The van der Waals surface area contributed by atoms with Gasteiger partial charge < -0.3 is 19.9 Å². The van der Waals surface area contributed by atoms with E-state index >= 15 is 0 Å². The molecule has 1 amide bonds. The highest BCUT2D eigenvalue weighted by Crippen LogP contribution is 2.28. The van der Waals surface area contributed by atoms with E-state index in [1.165, 1.54) is 23.4 Å². The molecule has 2 N–H and O–H groups in total. The van der Waals surface area contributed by atoms with Gasteiger partial charge in [-0.3, -0.25) is 9.48 Å². The highest BCUT2D eigenvalue weighted by molar-refractivity contribution is 5.87. The Bertz CT molecular complexity index is 1080. The number of carbonyl (C=O) groups excluding carboxylic acids is 1. The van der Waals surface area contributed by atoms with Crippen molar-refractivity contribution in [2.75, 3.05) is 18.4 Å². The Balaban J connectivity index is 1.56. The molecule has 31 heavy (non-hydrogen) atoms. The summed E-state index contributed by atoms with van der Waals surface area (Å²) in [6.07, 6.45) is 0.999. The zero-order chi connectivity index (χ0) is 22.0. The molecule has 4 rings (SSSR count). The summed E-state index contributed by atoms with van der Waals surface area (Å²) in [6.45, 7) is 3.27. The van der Waals surface area contributed by atoms with Gasteiger partial charge in [-0.05, 0) is 18.6 Å². The van der Waals surface area contributed by atoms with Crippen molar-refractivity contribution in [2.45, 2.75) is 31.7 Å². The van der Waals surface area contributed by atoms with Crippen LogP contribution in [0.5, 0.6) is 5.88 Å². The number of anilines is 2. The maximum Gasteiger partial charge on any atom is 0.257 e. The largest absolute Gasteiger partial charge is 0.469 e. The first kappa shape index (κ1) is 20.7. The number of piperidine rings is 1. The number of hydrogen-bond donors (Lipinski definition) is 2. The van der Waals surface area contributed by atoms with Crippen LogP contribution in [0, 0.1) is 0 Å². The molecule has 2 atom stereocenters. The molecule has 12 heteroatoms. The maximum absolute atomic E-state index is 14.5. The zero-order valence-corrected chi connectivity index (χ0v) is 16.3. The molecule has 3 aromatic heterocycles. The standard InChI is InChI=1S/C19H20F3N7O2/c1-2-16(30)28-6-4-13(20)14(9-28)31-18-12-3-5-23-17(12)26-19(27-18)25-11-7-24-29(8-11)10-15(21)22/h2-3,5,7-8,13-15H,1,4,6,9-10H2,(H2,23,25,26,27). The van der Waals surface area contributed by atoms with Gasteiger partial charge in [-0.2, -0.15) is 15.1 Å².